The van der Waals surface area contributed by atoms with Crippen LogP contribution in [0.25, 0.3) is 17.4 Å². The molecular formula is C23H26N8O2. The fourth-order valence-corrected chi connectivity index (χ4v) is 3.74. The third-order valence-electron chi connectivity index (χ3n) is 5.75. The van der Waals surface area contributed by atoms with E-state index >= 15 is 0 Å². The van der Waals surface area contributed by atoms with Crippen molar-refractivity contribution in [1.29, 1.82) is 0 Å². The fourth-order valence-electron chi connectivity index (χ4n) is 3.74. The number of likely N-dealkylation sites (tertiary alicyclic amines) is 1. The maximum atomic E-state index is 12.2. The summed E-state index contributed by atoms with van der Waals surface area (Å²) in [6, 6.07) is 11.7. The summed E-state index contributed by atoms with van der Waals surface area (Å²) in [7, 11) is 0. The Morgan fingerprint density at radius 2 is 1.91 bits per heavy atom. The number of furan rings is 1. The first-order valence-electron chi connectivity index (χ1n) is 11.1. The highest BCUT2D eigenvalue weighted by Crippen LogP contribution is 2.17. The summed E-state index contributed by atoms with van der Waals surface area (Å²) in [6.07, 6.45) is 4.72. The van der Waals surface area contributed by atoms with Gasteiger partial charge in [-0.2, -0.15) is 19.5 Å². The van der Waals surface area contributed by atoms with Crippen molar-refractivity contribution in [3.8, 4) is 11.6 Å². The fraction of sp³-hybridized carbons (Fsp3) is 0.348. The maximum Gasteiger partial charge on any atom is 0.259 e. The first-order valence-corrected chi connectivity index (χ1v) is 11.1. The van der Waals surface area contributed by atoms with E-state index in [0.717, 1.165) is 37.2 Å². The molecule has 10 nitrogen and oxygen atoms in total. The number of rotatable bonds is 10. The number of hydrogen-bond acceptors (Lipinski definition) is 9. The lowest BCUT2D eigenvalue weighted by atomic mass is 10.0. The number of nitrogens with zero attached hydrogens (tertiary/aromatic N) is 6. The van der Waals surface area contributed by atoms with E-state index in [1.165, 1.54) is 10.9 Å². The van der Waals surface area contributed by atoms with Crippen LogP contribution in [0.5, 0.6) is 0 Å². The Hall–Kier alpha value is -3.79. The second-order valence-electron chi connectivity index (χ2n) is 8.18. The zero-order valence-corrected chi connectivity index (χ0v) is 18.3. The third-order valence-corrected chi connectivity index (χ3v) is 5.75. The molecule has 0 bridgehead atoms. The molecule has 170 valence electrons. The average Bonchev–Trinajstić information content (AvgIpc) is 3.44. The first-order chi connectivity index (χ1) is 16.1. The smallest absolute Gasteiger partial charge is 0.259 e. The molecule has 0 spiro atoms. The van der Waals surface area contributed by atoms with Crippen LogP contribution >= 0.6 is 0 Å². The van der Waals surface area contributed by atoms with Crippen molar-refractivity contribution in [2.24, 2.45) is 0 Å². The molecule has 0 amide bonds. The number of carbonyl (C=O) groups is 1. The van der Waals surface area contributed by atoms with Gasteiger partial charge >= 0.3 is 0 Å². The first kappa shape index (κ1) is 21.1. The Bertz CT molecular complexity index is 1230. The molecule has 5 rings (SSSR count). The molecule has 0 unspecified atom stereocenters. The Kier molecular flexibility index (Phi) is 5.99. The lowest BCUT2D eigenvalue weighted by Gasteiger charge is -2.30. The third kappa shape index (κ3) is 5.01. The molecule has 0 saturated carbocycles. The second kappa shape index (κ2) is 9.37. The number of nitrogens with two attached hydrogens (primary N) is 1. The Balaban J connectivity index is 1.13. The maximum absolute atomic E-state index is 12.2. The molecular weight excluding hydrogens is 420 g/mol. The Labute approximate surface area is 190 Å². The molecule has 33 heavy (non-hydrogen) atoms. The number of carbonyl (C=O) groups excluding carboxylic acids is 1. The highest BCUT2D eigenvalue weighted by Gasteiger charge is 2.15. The summed E-state index contributed by atoms with van der Waals surface area (Å²) >= 11 is 0. The quantitative estimate of drug-likeness (QED) is 0.377. The number of anilines is 2. The van der Waals surface area contributed by atoms with E-state index in [1.807, 2.05) is 12.1 Å². The van der Waals surface area contributed by atoms with Gasteiger partial charge in [-0.1, -0.05) is 24.3 Å². The molecule has 4 heterocycles. The molecule has 10 heteroatoms. The van der Waals surface area contributed by atoms with Crippen molar-refractivity contribution in [3.63, 3.8) is 0 Å². The molecule has 1 aromatic carbocycles. The number of Topliss-reactive ketones (excluding diaryl/α,β-unsaturated/α-hetero) is 1. The van der Waals surface area contributed by atoms with Gasteiger partial charge in [-0.25, -0.2) is 0 Å². The number of benzene rings is 1. The van der Waals surface area contributed by atoms with Gasteiger partial charge < -0.3 is 20.4 Å². The molecule has 1 aliphatic rings. The molecule has 0 radical (unpaired) electrons. The predicted octanol–water partition coefficient (Wildman–Crippen LogP) is 2.22. The lowest BCUT2D eigenvalue weighted by Crippen LogP contribution is -2.38. The van der Waals surface area contributed by atoms with Crippen LogP contribution in [0, 0.1) is 0 Å². The van der Waals surface area contributed by atoms with Crippen LogP contribution in [-0.2, 0) is 17.6 Å². The summed E-state index contributed by atoms with van der Waals surface area (Å²) in [6.45, 7) is 3.78. The zero-order valence-electron chi connectivity index (χ0n) is 18.3. The summed E-state index contributed by atoms with van der Waals surface area (Å²) in [5.41, 5.74) is 8.24. The van der Waals surface area contributed by atoms with Gasteiger partial charge in [0.2, 0.25) is 17.7 Å². The number of ketones is 1. The monoisotopic (exact) mass is 446 g/mol. The highest BCUT2D eigenvalue weighted by molar-refractivity contribution is 5.81. The lowest BCUT2D eigenvalue weighted by molar-refractivity contribution is -0.118. The van der Waals surface area contributed by atoms with Gasteiger partial charge in [-0.15, -0.1) is 5.10 Å². The van der Waals surface area contributed by atoms with Crippen LogP contribution < -0.4 is 11.1 Å². The molecule has 0 atom stereocenters. The van der Waals surface area contributed by atoms with Crippen molar-refractivity contribution in [3.05, 3.63) is 53.8 Å². The minimum absolute atomic E-state index is 0.191. The SMILES string of the molecule is Nc1nc(NCCc2ccc(CC(=O)CCN3CCC3)cc2)nc2nc(-c3ccco3)nn12. The predicted molar refractivity (Wildman–Crippen MR) is 124 cm³/mol. The number of aromatic nitrogens is 5. The van der Waals surface area contributed by atoms with Crippen molar-refractivity contribution in [2.45, 2.75) is 25.7 Å². The van der Waals surface area contributed by atoms with Gasteiger partial charge in [0.25, 0.3) is 5.78 Å². The van der Waals surface area contributed by atoms with E-state index in [9.17, 15) is 4.79 Å². The van der Waals surface area contributed by atoms with Crippen LogP contribution in [-0.4, -0.2) is 61.4 Å². The van der Waals surface area contributed by atoms with Crippen LogP contribution in [0.15, 0.2) is 47.1 Å². The second-order valence-corrected chi connectivity index (χ2v) is 8.18. The number of fused-ring (bicyclic) bond motifs is 1. The highest BCUT2D eigenvalue weighted by atomic mass is 16.3. The van der Waals surface area contributed by atoms with Gasteiger partial charge in [0.15, 0.2) is 5.76 Å². The van der Waals surface area contributed by atoms with Crippen LogP contribution in [0.1, 0.15) is 24.0 Å². The van der Waals surface area contributed by atoms with Crippen molar-refractivity contribution in [2.75, 3.05) is 37.2 Å². The minimum atomic E-state index is 0.191. The topological polar surface area (TPSA) is 127 Å². The minimum Gasteiger partial charge on any atom is -0.461 e. The molecule has 3 aromatic heterocycles. The van der Waals surface area contributed by atoms with Crippen LogP contribution in [0.2, 0.25) is 0 Å². The summed E-state index contributed by atoms with van der Waals surface area (Å²) in [4.78, 5) is 27.5. The molecule has 3 N–H and O–H groups in total. The van der Waals surface area contributed by atoms with Gasteiger partial charge in [-0.05, 0) is 49.2 Å². The zero-order chi connectivity index (χ0) is 22.6. The van der Waals surface area contributed by atoms with Crippen molar-refractivity contribution < 1.29 is 9.21 Å². The largest absolute Gasteiger partial charge is 0.461 e. The van der Waals surface area contributed by atoms with E-state index in [1.54, 1.807) is 18.4 Å². The van der Waals surface area contributed by atoms with E-state index in [2.05, 4.69) is 42.4 Å². The standard InChI is InChI=1S/C23H26N8O2/c24-21-27-22(28-23-26-20(29-31(21)23)19-3-1-14-33-19)25-10-8-16-4-6-17(7-5-16)15-18(32)9-13-30-11-2-12-30/h1,3-7,14H,2,8-13,15H2,(H3,24,25,26,27,28,29). The van der Waals surface area contributed by atoms with E-state index in [4.69, 9.17) is 10.2 Å². The number of nitrogen functional groups attached to an aromatic ring is 1. The molecule has 1 aliphatic heterocycles. The van der Waals surface area contributed by atoms with Crippen molar-refractivity contribution >= 4 is 23.5 Å². The molecule has 0 aliphatic carbocycles. The van der Waals surface area contributed by atoms with E-state index in [-0.39, 0.29) is 5.95 Å². The molecule has 1 fully saturated rings. The summed E-state index contributed by atoms with van der Waals surface area (Å²) in [5.74, 6) is 2.16. The van der Waals surface area contributed by atoms with E-state index in [0.29, 0.717) is 48.5 Å². The molecule has 4 aromatic rings. The number of hydrogen-bond donors (Lipinski definition) is 2. The summed E-state index contributed by atoms with van der Waals surface area (Å²) < 4.78 is 6.71. The average molecular weight is 447 g/mol. The van der Waals surface area contributed by atoms with Gasteiger partial charge in [0.1, 0.15) is 5.78 Å². The summed E-state index contributed by atoms with van der Waals surface area (Å²) in [5, 5.41) is 7.48. The van der Waals surface area contributed by atoms with E-state index < -0.39 is 0 Å². The normalized spacial score (nSPS) is 13.8. The Morgan fingerprint density at radius 3 is 2.64 bits per heavy atom. The van der Waals surface area contributed by atoms with Crippen LogP contribution in [0.3, 0.4) is 0 Å². The Morgan fingerprint density at radius 1 is 1.09 bits per heavy atom. The van der Waals surface area contributed by atoms with Crippen LogP contribution in [0.4, 0.5) is 11.9 Å². The number of nitrogens with one attached hydrogen (secondary N) is 1. The van der Waals surface area contributed by atoms with Gasteiger partial charge in [0, 0.05) is 25.9 Å². The van der Waals surface area contributed by atoms with Gasteiger partial charge in [0.05, 0.1) is 6.26 Å². The van der Waals surface area contributed by atoms with Gasteiger partial charge in [-0.3, -0.25) is 4.79 Å². The van der Waals surface area contributed by atoms with Crippen molar-refractivity contribution in [1.82, 2.24) is 29.5 Å². The molecule has 1 saturated heterocycles.